The predicted molar refractivity (Wildman–Crippen MR) is 82.4 cm³/mol. The van der Waals surface area contributed by atoms with E-state index in [-0.39, 0.29) is 12.0 Å². The maximum atomic E-state index is 12.2. The molecule has 2 atom stereocenters. The Morgan fingerprint density at radius 1 is 1.52 bits per heavy atom. The fourth-order valence-electron chi connectivity index (χ4n) is 2.33. The number of hydrogen-bond donors (Lipinski definition) is 2. The second-order valence-corrected chi connectivity index (χ2v) is 5.98. The van der Waals surface area contributed by atoms with Crippen LogP contribution >= 0.6 is 0 Å². The van der Waals surface area contributed by atoms with Crippen LogP contribution in [0, 0.1) is 5.92 Å². The fourth-order valence-corrected chi connectivity index (χ4v) is 2.33. The number of carbonyl (C=O) groups excluding carboxylic acids is 1. The van der Waals surface area contributed by atoms with Gasteiger partial charge in [0.15, 0.2) is 0 Å². The first-order chi connectivity index (χ1) is 11.0. The van der Waals surface area contributed by atoms with Crippen LogP contribution in [-0.2, 0) is 9.53 Å². The van der Waals surface area contributed by atoms with Crippen LogP contribution in [0.4, 0.5) is 0 Å². The van der Waals surface area contributed by atoms with E-state index in [2.05, 4.69) is 10.3 Å². The lowest BCUT2D eigenvalue weighted by Crippen LogP contribution is -2.41. The van der Waals surface area contributed by atoms with Gasteiger partial charge in [-0.3, -0.25) is 4.79 Å². The van der Waals surface area contributed by atoms with Crippen LogP contribution in [0.15, 0.2) is 18.3 Å². The van der Waals surface area contributed by atoms with Crippen LogP contribution in [0.5, 0.6) is 5.88 Å². The second kappa shape index (κ2) is 7.92. The molecule has 0 saturated carbocycles. The molecule has 0 bridgehead atoms. The van der Waals surface area contributed by atoms with E-state index in [0.29, 0.717) is 31.1 Å². The summed E-state index contributed by atoms with van der Waals surface area (Å²) < 4.78 is 10.9. The number of pyridine rings is 1. The number of rotatable bonds is 7. The lowest BCUT2D eigenvalue weighted by molar-refractivity contribution is -0.139. The Morgan fingerprint density at radius 3 is 2.91 bits per heavy atom. The van der Waals surface area contributed by atoms with Crippen LogP contribution in [0.1, 0.15) is 37.0 Å². The van der Waals surface area contributed by atoms with Crippen molar-refractivity contribution in [1.82, 2.24) is 10.3 Å². The summed E-state index contributed by atoms with van der Waals surface area (Å²) in [6.07, 6.45) is 2.56. The molecule has 7 nitrogen and oxygen atoms in total. The highest BCUT2D eigenvalue weighted by Gasteiger charge is 2.23. The summed E-state index contributed by atoms with van der Waals surface area (Å²) in [4.78, 5) is 27.6. The molecular weight excluding hydrogens is 300 g/mol. The molecule has 1 aliphatic heterocycles. The van der Waals surface area contributed by atoms with Crippen LogP contribution in [0.2, 0.25) is 0 Å². The van der Waals surface area contributed by atoms with Gasteiger partial charge in [0.2, 0.25) is 5.88 Å². The van der Waals surface area contributed by atoms with Gasteiger partial charge in [0.05, 0.1) is 13.2 Å². The van der Waals surface area contributed by atoms with Gasteiger partial charge in [0.25, 0.3) is 5.91 Å². The van der Waals surface area contributed by atoms with Crippen molar-refractivity contribution < 1.29 is 24.2 Å². The minimum Gasteiger partial charge on any atom is -0.480 e. The molecule has 2 unspecified atom stereocenters. The average Bonchev–Trinajstić information content (AvgIpc) is 2.99. The summed E-state index contributed by atoms with van der Waals surface area (Å²) in [6, 6.07) is 2.13. The summed E-state index contributed by atoms with van der Waals surface area (Å²) in [5.74, 6) is -0.993. The zero-order valence-electron chi connectivity index (χ0n) is 13.3. The van der Waals surface area contributed by atoms with Crippen molar-refractivity contribution in [3.05, 3.63) is 23.9 Å². The molecule has 7 heteroatoms. The molecule has 0 aromatic carbocycles. The number of amides is 1. The van der Waals surface area contributed by atoms with Crippen LogP contribution in [0.3, 0.4) is 0 Å². The molecule has 1 aromatic heterocycles. The van der Waals surface area contributed by atoms with Gasteiger partial charge in [-0.15, -0.1) is 0 Å². The third-order valence-electron chi connectivity index (χ3n) is 3.48. The lowest BCUT2D eigenvalue weighted by Gasteiger charge is -2.17. The van der Waals surface area contributed by atoms with Gasteiger partial charge in [-0.1, -0.05) is 13.8 Å². The first kappa shape index (κ1) is 17.2. The van der Waals surface area contributed by atoms with Crippen molar-refractivity contribution >= 4 is 11.9 Å². The fraction of sp³-hybridized carbons (Fsp3) is 0.562. The molecule has 1 amide bonds. The normalized spacial score (nSPS) is 18.7. The predicted octanol–water partition coefficient (Wildman–Crippen LogP) is 1.48. The average molecular weight is 322 g/mol. The number of ether oxygens (including phenoxy) is 2. The Hall–Kier alpha value is -2.15. The van der Waals surface area contributed by atoms with E-state index in [1.807, 2.05) is 13.8 Å². The number of hydrogen-bond acceptors (Lipinski definition) is 5. The minimum absolute atomic E-state index is 0.0616. The molecule has 2 N–H and O–H groups in total. The van der Waals surface area contributed by atoms with Crippen LogP contribution in [-0.4, -0.2) is 47.3 Å². The van der Waals surface area contributed by atoms with Crippen molar-refractivity contribution in [3.8, 4) is 5.88 Å². The van der Waals surface area contributed by atoms with Gasteiger partial charge in [-0.2, -0.15) is 0 Å². The molecule has 1 aliphatic rings. The summed E-state index contributed by atoms with van der Waals surface area (Å²) in [5, 5.41) is 11.7. The van der Waals surface area contributed by atoms with E-state index in [9.17, 15) is 14.7 Å². The Labute approximate surface area is 135 Å². The number of carboxylic acids is 1. The summed E-state index contributed by atoms with van der Waals surface area (Å²) >= 11 is 0. The molecular formula is C16H22N2O5. The second-order valence-electron chi connectivity index (χ2n) is 5.98. The van der Waals surface area contributed by atoms with Crippen molar-refractivity contribution in [3.63, 3.8) is 0 Å². The Balaban J connectivity index is 2.01. The third kappa shape index (κ3) is 5.21. The smallest absolute Gasteiger partial charge is 0.326 e. The van der Waals surface area contributed by atoms with Crippen molar-refractivity contribution in [1.29, 1.82) is 0 Å². The molecule has 2 rings (SSSR count). The van der Waals surface area contributed by atoms with Gasteiger partial charge < -0.3 is 19.9 Å². The first-order valence-electron chi connectivity index (χ1n) is 7.70. The van der Waals surface area contributed by atoms with Gasteiger partial charge in [-0.05, 0) is 18.4 Å². The monoisotopic (exact) mass is 322 g/mol. The molecule has 23 heavy (non-hydrogen) atoms. The van der Waals surface area contributed by atoms with E-state index < -0.39 is 17.9 Å². The van der Waals surface area contributed by atoms with Crippen LogP contribution < -0.4 is 10.1 Å². The highest BCUT2D eigenvalue weighted by atomic mass is 16.5. The van der Waals surface area contributed by atoms with E-state index in [4.69, 9.17) is 9.47 Å². The molecule has 0 spiro atoms. The Bertz CT molecular complexity index is 555. The van der Waals surface area contributed by atoms with Gasteiger partial charge in [-0.25, -0.2) is 9.78 Å². The Kier molecular flexibility index (Phi) is 5.92. The quantitative estimate of drug-likeness (QED) is 0.789. The highest BCUT2D eigenvalue weighted by molar-refractivity contribution is 5.96. The molecule has 126 valence electrons. The van der Waals surface area contributed by atoms with E-state index in [1.165, 1.54) is 18.3 Å². The Morgan fingerprint density at radius 2 is 2.30 bits per heavy atom. The van der Waals surface area contributed by atoms with Crippen molar-refractivity contribution in [2.45, 2.75) is 38.8 Å². The minimum atomic E-state index is -1.04. The van der Waals surface area contributed by atoms with E-state index >= 15 is 0 Å². The highest BCUT2D eigenvalue weighted by Crippen LogP contribution is 2.16. The number of aliphatic carboxylic acids is 1. The molecule has 2 heterocycles. The maximum Gasteiger partial charge on any atom is 0.326 e. The standard InChI is InChI=1S/C16H22N2O5/c1-10(2)7-13(16(20)21)18-15(19)11-3-5-17-14(8-11)23-12-4-6-22-9-12/h3,5,8,10,12-13H,4,6-7,9H2,1-2H3,(H,18,19)(H,20,21). The van der Waals surface area contributed by atoms with Crippen molar-refractivity contribution in [2.24, 2.45) is 5.92 Å². The van der Waals surface area contributed by atoms with E-state index in [1.54, 1.807) is 0 Å². The summed E-state index contributed by atoms with van der Waals surface area (Å²) in [5.41, 5.74) is 0.323. The van der Waals surface area contributed by atoms with Crippen molar-refractivity contribution in [2.75, 3.05) is 13.2 Å². The van der Waals surface area contributed by atoms with E-state index in [0.717, 1.165) is 6.42 Å². The zero-order chi connectivity index (χ0) is 16.8. The van der Waals surface area contributed by atoms with Gasteiger partial charge in [0.1, 0.15) is 12.1 Å². The molecule has 1 aromatic rings. The third-order valence-corrected chi connectivity index (χ3v) is 3.48. The van der Waals surface area contributed by atoms with Gasteiger partial charge in [0, 0.05) is 24.2 Å². The van der Waals surface area contributed by atoms with Crippen LogP contribution in [0.25, 0.3) is 0 Å². The SMILES string of the molecule is CC(C)CC(NC(=O)c1ccnc(OC2CCOC2)c1)C(=O)O. The number of carbonyl (C=O) groups is 2. The topological polar surface area (TPSA) is 97.8 Å². The number of nitrogens with one attached hydrogen (secondary N) is 1. The maximum absolute atomic E-state index is 12.2. The largest absolute Gasteiger partial charge is 0.480 e. The summed E-state index contributed by atoms with van der Waals surface area (Å²) in [6.45, 7) is 4.97. The zero-order valence-corrected chi connectivity index (χ0v) is 13.3. The first-order valence-corrected chi connectivity index (χ1v) is 7.70. The number of nitrogens with zero attached hydrogens (tertiary/aromatic N) is 1. The molecule has 0 aliphatic carbocycles. The molecule has 1 saturated heterocycles. The molecule has 0 radical (unpaired) electrons. The number of carboxylic acid groups (broad SMARTS) is 1. The molecule has 1 fully saturated rings. The lowest BCUT2D eigenvalue weighted by atomic mass is 10.0. The number of aromatic nitrogens is 1. The summed E-state index contributed by atoms with van der Waals surface area (Å²) in [7, 11) is 0. The van der Waals surface area contributed by atoms with Gasteiger partial charge >= 0.3 is 5.97 Å².